The van der Waals surface area contributed by atoms with E-state index in [1.807, 2.05) is 13.8 Å². The van der Waals surface area contributed by atoms with Gasteiger partial charge < -0.3 is 18.9 Å². The van der Waals surface area contributed by atoms with E-state index in [0.717, 1.165) is 0 Å². The fraction of sp³-hybridized carbons (Fsp3) is 1.00. The molecule has 2 saturated heterocycles. The van der Waals surface area contributed by atoms with Crippen molar-refractivity contribution in [2.45, 2.75) is 44.2 Å². The topological polar surface area (TPSA) is 36.9 Å². The van der Waals surface area contributed by atoms with Crippen LogP contribution < -0.4 is 0 Å². The van der Waals surface area contributed by atoms with Crippen molar-refractivity contribution < 1.29 is 18.9 Å². The van der Waals surface area contributed by atoms with E-state index in [0.29, 0.717) is 5.88 Å². The van der Waals surface area contributed by atoms with Crippen LogP contribution in [0.25, 0.3) is 0 Å². The molecule has 4 atom stereocenters. The Morgan fingerprint density at radius 2 is 1.93 bits per heavy atom. The van der Waals surface area contributed by atoms with E-state index in [1.54, 1.807) is 7.11 Å². The van der Waals surface area contributed by atoms with Crippen molar-refractivity contribution in [3.63, 3.8) is 0 Å². The number of hydrogen-bond acceptors (Lipinski definition) is 4. The fourth-order valence-corrected chi connectivity index (χ4v) is 2.20. The van der Waals surface area contributed by atoms with E-state index in [4.69, 9.17) is 30.5 Å². The Morgan fingerprint density at radius 3 is 2.50 bits per heavy atom. The van der Waals surface area contributed by atoms with Crippen molar-refractivity contribution in [3.8, 4) is 0 Å². The van der Waals surface area contributed by atoms with Gasteiger partial charge in [0.2, 0.25) is 0 Å². The molecule has 0 aromatic carbocycles. The second kappa shape index (κ2) is 3.61. The Bertz CT molecular complexity index is 201. The molecule has 0 spiro atoms. The van der Waals surface area contributed by atoms with Crippen LogP contribution >= 0.6 is 11.6 Å². The Kier molecular flexibility index (Phi) is 2.74. The smallest absolute Gasteiger partial charge is 0.186 e. The molecule has 2 fully saturated rings. The summed E-state index contributed by atoms with van der Waals surface area (Å²) in [5.41, 5.74) is 0. The second-order valence-electron chi connectivity index (χ2n) is 4.00. The summed E-state index contributed by atoms with van der Waals surface area (Å²) in [5.74, 6) is -0.180. The summed E-state index contributed by atoms with van der Waals surface area (Å²) < 4.78 is 22.1. The molecule has 4 nitrogen and oxygen atoms in total. The van der Waals surface area contributed by atoms with Gasteiger partial charge in [-0.3, -0.25) is 0 Å². The molecule has 2 heterocycles. The van der Waals surface area contributed by atoms with Gasteiger partial charge in [0, 0.05) is 7.11 Å². The first-order valence-corrected chi connectivity index (χ1v) is 5.21. The van der Waals surface area contributed by atoms with Crippen LogP contribution in [0.5, 0.6) is 0 Å². The Labute approximate surface area is 88.4 Å². The minimum atomic E-state index is -0.569. The van der Waals surface area contributed by atoms with E-state index < -0.39 is 5.79 Å². The predicted octanol–water partition coefficient (Wildman–Crippen LogP) is 1.12. The van der Waals surface area contributed by atoms with Crippen LogP contribution in [0.2, 0.25) is 0 Å². The monoisotopic (exact) mass is 222 g/mol. The van der Waals surface area contributed by atoms with Crippen LogP contribution in [0, 0.1) is 0 Å². The van der Waals surface area contributed by atoms with E-state index in [9.17, 15) is 0 Å². The third-order valence-electron chi connectivity index (χ3n) is 2.49. The lowest BCUT2D eigenvalue weighted by atomic mass is 10.2. The summed E-state index contributed by atoms with van der Waals surface area (Å²) in [6.45, 7) is 3.76. The summed E-state index contributed by atoms with van der Waals surface area (Å²) in [6.07, 6.45) is -0.801. The van der Waals surface area contributed by atoms with E-state index in [-0.39, 0.29) is 24.6 Å². The average molecular weight is 223 g/mol. The molecule has 0 aromatic heterocycles. The number of methoxy groups -OCH3 is 1. The van der Waals surface area contributed by atoms with Gasteiger partial charge in [0.05, 0.1) is 5.88 Å². The molecule has 5 heteroatoms. The fourth-order valence-electron chi connectivity index (χ4n) is 1.96. The molecule has 2 aliphatic rings. The van der Waals surface area contributed by atoms with E-state index in [2.05, 4.69) is 0 Å². The SMILES string of the molecule is CO[C@@H]1O[C@H](CCl)[C@@H]2OC(C)(C)O[C@@H]12. The highest BCUT2D eigenvalue weighted by atomic mass is 35.5. The van der Waals surface area contributed by atoms with Gasteiger partial charge in [-0.25, -0.2) is 0 Å². The number of fused-ring (bicyclic) bond motifs is 1. The van der Waals surface area contributed by atoms with Gasteiger partial charge in [-0.05, 0) is 13.8 Å². The zero-order valence-electron chi connectivity index (χ0n) is 8.53. The summed E-state index contributed by atoms with van der Waals surface area (Å²) >= 11 is 5.77. The average Bonchev–Trinajstić information content (AvgIpc) is 2.57. The van der Waals surface area contributed by atoms with E-state index in [1.165, 1.54) is 0 Å². The standard InChI is InChI=1S/C9H15ClO4/c1-9(2)13-6-5(4-10)12-8(11-3)7(6)14-9/h5-8H,4H2,1-3H3/t5-,6+,7-,8-/m1/s1. The molecular formula is C9H15ClO4. The van der Waals surface area contributed by atoms with E-state index >= 15 is 0 Å². The molecule has 14 heavy (non-hydrogen) atoms. The quantitative estimate of drug-likeness (QED) is 0.656. The van der Waals surface area contributed by atoms with Crippen molar-refractivity contribution in [1.82, 2.24) is 0 Å². The van der Waals surface area contributed by atoms with Crippen LogP contribution in [0.3, 0.4) is 0 Å². The van der Waals surface area contributed by atoms with Crippen LogP contribution in [0.1, 0.15) is 13.8 Å². The summed E-state index contributed by atoms with van der Waals surface area (Å²) in [4.78, 5) is 0. The van der Waals surface area contributed by atoms with Crippen molar-refractivity contribution in [1.29, 1.82) is 0 Å². The number of alkyl halides is 1. The molecular weight excluding hydrogens is 208 g/mol. The summed E-state index contributed by atoms with van der Waals surface area (Å²) in [6, 6.07) is 0. The summed E-state index contributed by atoms with van der Waals surface area (Å²) in [7, 11) is 1.59. The molecule has 0 saturated carbocycles. The van der Waals surface area contributed by atoms with Gasteiger partial charge in [-0.1, -0.05) is 0 Å². The number of hydrogen-bond donors (Lipinski definition) is 0. The zero-order valence-corrected chi connectivity index (χ0v) is 9.28. The Morgan fingerprint density at radius 1 is 1.29 bits per heavy atom. The zero-order chi connectivity index (χ0) is 10.3. The normalized spacial score (nSPS) is 45.4. The Balaban J connectivity index is 2.12. The second-order valence-corrected chi connectivity index (χ2v) is 4.31. The van der Waals surface area contributed by atoms with Gasteiger partial charge in [-0.2, -0.15) is 0 Å². The van der Waals surface area contributed by atoms with Crippen molar-refractivity contribution in [3.05, 3.63) is 0 Å². The van der Waals surface area contributed by atoms with Gasteiger partial charge in [0.15, 0.2) is 12.1 Å². The van der Waals surface area contributed by atoms with Crippen LogP contribution in [-0.2, 0) is 18.9 Å². The minimum Gasteiger partial charge on any atom is -0.353 e. The lowest BCUT2D eigenvalue weighted by Gasteiger charge is -2.22. The minimum absolute atomic E-state index is 0.118. The molecule has 0 aliphatic carbocycles. The maximum atomic E-state index is 5.77. The highest BCUT2D eigenvalue weighted by molar-refractivity contribution is 6.18. The van der Waals surface area contributed by atoms with Crippen molar-refractivity contribution in [2.24, 2.45) is 0 Å². The molecule has 0 bridgehead atoms. The third kappa shape index (κ3) is 1.66. The molecule has 2 rings (SSSR count). The first-order valence-electron chi connectivity index (χ1n) is 4.67. The van der Waals surface area contributed by atoms with Gasteiger partial charge in [0.25, 0.3) is 0 Å². The van der Waals surface area contributed by atoms with Crippen LogP contribution in [-0.4, -0.2) is 43.4 Å². The largest absolute Gasteiger partial charge is 0.353 e. The van der Waals surface area contributed by atoms with Crippen molar-refractivity contribution in [2.75, 3.05) is 13.0 Å². The number of ether oxygens (including phenoxy) is 4. The first kappa shape index (κ1) is 10.6. The lowest BCUT2D eigenvalue weighted by Crippen LogP contribution is -2.30. The molecule has 0 N–H and O–H groups in total. The molecule has 0 amide bonds. The molecule has 82 valence electrons. The lowest BCUT2D eigenvalue weighted by molar-refractivity contribution is -0.224. The van der Waals surface area contributed by atoms with Gasteiger partial charge in [0.1, 0.15) is 18.3 Å². The molecule has 0 aromatic rings. The number of halogens is 1. The van der Waals surface area contributed by atoms with Crippen LogP contribution in [0.15, 0.2) is 0 Å². The van der Waals surface area contributed by atoms with Crippen molar-refractivity contribution >= 4 is 11.6 Å². The number of rotatable bonds is 2. The third-order valence-corrected chi connectivity index (χ3v) is 2.80. The predicted molar refractivity (Wildman–Crippen MR) is 50.2 cm³/mol. The Hall–Kier alpha value is 0.130. The first-order chi connectivity index (χ1) is 6.57. The molecule has 0 radical (unpaired) electrons. The van der Waals surface area contributed by atoms with Gasteiger partial charge in [-0.15, -0.1) is 11.6 Å². The highest BCUT2D eigenvalue weighted by Crippen LogP contribution is 2.39. The molecule has 2 aliphatic heterocycles. The summed E-state index contributed by atoms with van der Waals surface area (Å²) in [5, 5.41) is 0. The maximum Gasteiger partial charge on any atom is 0.186 e. The highest BCUT2D eigenvalue weighted by Gasteiger charge is 2.55. The van der Waals surface area contributed by atoms with Gasteiger partial charge >= 0.3 is 0 Å². The molecule has 0 unspecified atom stereocenters. The maximum absolute atomic E-state index is 5.77. The van der Waals surface area contributed by atoms with Crippen LogP contribution in [0.4, 0.5) is 0 Å².